The highest BCUT2D eigenvalue weighted by Gasteiger charge is 2.34. The van der Waals surface area contributed by atoms with Crippen molar-refractivity contribution in [3.63, 3.8) is 0 Å². The van der Waals surface area contributed by atoms with Crippen LogP contribution in [0, 0.1) is 5.92 Å². The number of carbonyl (C=O) groups is 2. The van der Waals surface area contributed by atoms with E-state index < -0.39 is 0 Å². The van der Waals surface area contributed by atoms with Crippen molar-refractivity contribution in [1.82, 2.24) is 4.90 Å². The van der Waals surface area contributed by atoms with Gasteiger partial charge in [-0.1, -0.05) is 18.9 Å². The second-order valence-electron chi connectivity index (χ2n) is 8.35. The van der Waals surface area contributed by atoms with Crippen molar-refractivity contribution >= 4 is 34.5 Å². The van der Waals surface area contributed by atoms with Gasteiger partial charge in [-0.05, 0) is 60.9 Å². The first-order valence-corrected chi connectivity index (χ1v) is 11.4. The van der Waals surface area contributed by atoms with Gasteiger partial charge in [0.2, 0.25) is 5.91 Å². The van der Waals surface area contributed by atoms with Crippen molar-refractivity contribution in [2.24, 2.45) is 5.92 Å². The third kappa shape index (κ3) is 4.64. The van der Waals surface area contributed by atoms with Gasteiger partial charge in [-0.25, -0.2) is 0 Å². The molecule has 0 spiro atoms. The first-order valence-electron chi connectivity index (χ1n) is 10.5. The molecule has 29 heavy (non-hydrogen) atoms. The second-order valence-corrected chi connectivity index (χ2v) is 9.30. The van der Waals surface area contributed by atoms with Gasteiger partial charge in [0.25, 0.3) is 5.91 Å². The van der Waals surface area contributed by atoms with E-state index in [1.54, 1.807) is 0 Å². The van der Waals surface area contributed by atoms with Crippen LogP contribution in [-0.2, 0) is 11.3 Å². The molecule has 0 bridgehead atoms. The Morgan fingerprint density at radius 2 is 1.86 bits per heavy atom. The normalized spacial score (nSPS) is 16.6. The molecule has 2 aliphatic rings. The Bertz CT molecular complexity index is 868. The Balaban J connectivity index is 1.56. The van der Waals surface area contributed by atoms with Gasteiger partial charge in [0.15, 0.2) is 0 Å². The molecule has 0 saturated heterocycles. The zero-order valence-electron chi connectivity index (χ0n) is 17.2. The Kier molecular flexibility index (Phi) is 5.90. The summed E-state index contributed by atoms with van der Waals surface area (Å²) >= 11 is 1.49. The summed E-state index contributed by atoms with van der Waals surface area (Å²) in [5.41, 5.74) is 2.96. The molecule has 1 N–H and O–H groups in total. The summed E-state index contributed by atoms with van der Waals surface area (Å²) in [5.74, 6) is 0.364. The number of hydrogen-bond donors (Lipinski definition) is 1. The molecule has 0 unspecified atom stereocenters. The molecule has 4 rings (SSSR count). The van der Waals surface area contributed by atoms with Crippen LogP contribution in [0.25, 0.3) is 0 Å². The molecule has 1 aromatic carbocycles. The standard InChI is InChI=1S/C23H29N3O2S/c1-25(2)20-12-9-18(24-22(27)16-6-3-4-7-16)14-17(20)15-26(19-10-11-19)23(28)21-8-5-13-29-21/h5,8-9,12-14,16,19H,3-4,6-7,10-11,15H2,1-2H3,(H,24,27). The van der Waals surface area contributed by atoms with Crippen LogP contribution in [-0.4, -0.2) is 36.9 Å². The van der Waals surface area contributed by atoms with Gasteiger partial charge >= 0.3 is 0 Å². The first kappa shape index (κ1) is 20.0. The topological polar surface area (TPSA) is 52.7 Å². The van der Waals surface area contributed by atoms with Crippen LogP contribution in [0.1, 0.15) is 53.8 Å². The smallest absolute Gasteiger partial charge is 0.264 e. The average Bonchev–Trinajstić information content (AvgIpc) is 3.17. The van der Waals surface area contributed by atoms with Crippen LogP contribution in [0.15, 0.2) is 35.7 Å². The predicted molar refractivity (Wildman–Crippen MR) is 119 cm³/mol. The van der Waals surface area contributed by atoms with Gasteiger partial charge in [-0.2, -0.15) is 0 Å². The maximum Gasteiger partial charge on any atom is 0.264 e. The lowest BCUT2D eigenvalue weighted by molar-refractivity contribution is -0.119. The van der Waals surface area contributed by atoms with E-state index in [4.69, 9.17) is 0 Å². The SMILES string of the molecule is CN(C)c1ccc(NC(=O)C2CCCC2)cc1CN(C(=O)c1cccs1)C1CC1. The van der Waals surface area contributed by atoms with Gasteiger partial charge in [0, 0.05) is 44.0 Å². The summed E-state index contributed by atoms with van der Waals surface area (Å²) < 4.78 is 0. The van der Waals surface area contributed by atoms with E-state index in [-0.39, 0.29) is 17.7 Å². The third-order valence-electron chi connectivity index (χ3n) is 5.88. The van der Waals surface area contributed by atoms with Crippen molar-refractivity contribution in [1.29, 1.82) is 0 Å². The van der Waals surface area contributed by atoms with Crippen LogP contribution in [0.2, 0.25) is 0 Å². The Morgan fingerprint density at radius 3 is 2.48 bits per heavy atom. The molecule has 0 atom stereocenters. The number of amides is 2. The molecule has 154 valence electrons. The molecule has 1 heterocycles. The Hall–Kier alpha value is -2.34. The quantitative estimate of drug-likeness (QED) is 0.715. The van der Waals surface area contributed by atoms with Crippen molar-refractivity contribution in [2.45, 2.75) is 51.1 Å². The van der Waals surface area contributed by atoms with Gasteiger partial charge in [0.1, 0.15) is 0 Å². The van der Waals surface area contributed by atoms with Crippen molar-refractivity contribution < 1.29 is 9.59 Å². The van der Waals surface area contributed by atoms with E-state index in [0.29, 0.717) is 12.6 Å². The maximum atomic E-state index is 13.1. The first-order chi connectivity index (χ1) is 14.0. The molecular formula is C23H29N3O2S. The number of nitrogens with zero attached hydrogens (tertiary/aromatic N) is 2. The summed E-state index contributed by atoms with van der Waals surface area (Å²) in [4.78, 5) is 30.5. The molecule has 0 radical (unpaired) electrons. The van der Waals surface area contributed by atoms with Crippen LogP contribution in [0.5, 0.6) is 0 Å². The number of nitrogens with one attached hydrogen (secondary N) is 1. The molecule has 6 heteroatoms. The fourth-order valence-electron chi connectivity index (χ4n) is 4.14. The Morgan fingerprint density at radius 1 is 1.10 bits per heavy atom. The maximum absolute atomic E-state index is 13.1. The summed E-state index contributed by atoms with van der Waals surface area (Å²) in [6, 6.07) is 10.2. The fraction of sp³-hybridized carbons (Fsp3) is 0.478. The van der Waals surface area contributed by atoms with E-state index in [1.165, 1.54) is 11.3 Å². The average molecular weight is 412 g/mol. The van der Waals surface area contributed by atoms with Gasteiger partial charge in [-0.15, -0.1) is 11.3 Å². The number of anilines is 2. The van der Waals surface area contributed by atoms with E-state index in [9.17, 15) is 9.59 Å². The third-order valence-corrected chi connectivity index (χ3v) is 6.73. The largest absolute Gasteiger partial charge is 0.377 e. The zero-order valence-corrected chi connectivity index (χ0v) is 18.0. The lowest BCUT2D eigenvalue weighted by Crippen LogP contribution is -2.32. The number of benzene rings is 1. The van der Waals surface area contributed by atoms with Crippen LogP contribution in [0.4, 0.5) is 11.4 Å². The van der Waals surface area contributed by atoms with Gasteiger partial charge in [-0.3, -0.25) is 9.59 Å². The van der Waals surface area contributed by atoms with Crippen molar-refractivity contribution in [3.05, 3.63) is 46.2 Å². The molecule has 1 aromatic heterocycles. The minimum atomic E-state index is 0.104. The molecule has 5 nitrogen and oxygen atoms in total. The van der Waals surface area contributed by atoms with Gasteiger partial charge in [0.05, 0.1) is 4.88 Å². The summed E-state index contributed by atoms with van der Waals surface area (Å²) in [5, 5.41) is 5.05. The highest BCUT2D eigenvalue weighted by molar-refractivity contribution is 7.12. The summed E-state index contributed by atoms with van der Waals surface area (Å²) in [6.45, 7) is 0.558. The van der Waals surface area contributed by atoms with Crippen molar-refractivity contribution in [3.8, 4) is 0 Å². The summed E-state index contributed by atoms with van der Waals surface area (Å²) in [7, 11) is 4.02. The van der Waals surface area contributed by atoms with Gasteiger partial charge < -0.3 is 15.1 Å². The lowest BCUT2D eigenvalue weighted by atomic mass is 10.1. The Labute approximate surface area is 176 Å². The number of rotatable bonds is 7. The molecule has 2 amide bonds. The van der Waals surface area contributed by atoms with E-state index >= 15 is 0 Å². The van der Waals surface area contributed by atoms with E-state index in [1.807, 2.05) is 54.7 Å². The molecule has 2 fully saturated rings. The van der Waals surface area contributed by atoms with E-state index in [2.05, 4.69) is 10.2 Å². The molecular weight excluding hydrogens is 382 g/mol. The van der Waals surface area contributed by atoms with Crippen LogP contribution >= 0.6 is 11.3 Å². The highest BCUT2D eigenvalue weighted by Crippen LogP contribution is 2.34. The fourth-order valence-corrected chi connectivity index (χ4v) is 4.82. The zero-order chi connectivity index (χ0) is 20.4. The lowest BCUT2D eigenvalue weighted by Gasteiger charge is -2.26. The molecule has 0 aliphatic heterocycles. The minimum Gasteiger partial charge on any atom is -0.377 e. The minimum absolute atomic E-state index is 0.104. The number of carbonyl (C=O) groups excluding carboxylic acids is 2. The van der Waals surface area contributed by atoms with Crippen LogP contribution in [0.3, 0.4) is 0 Å². The van der Waals surface area contributed by atoms with Crippen LogP contribution < -0.4 is 10.2 Å². The highest BCUT2D eigenvalue weighted by atomic mass is 32.1. The summed E-state index contributed by atoms with van der Waals surface area (Å²) in [6.07, 6.45) is 6.38. The number of thiophene rings is 1. The predicted octanol–water partition coefficient (Wildman–Crippen LogP) is 4.75. The monoisotopic (exact) mass is 411 g/mol. The molecule has 2 aromatic rings. The number of hydrogen-bond acceptors (Lipinski definition) is 4. The molecule has 2 saturated carbocycles. The van der Waals surface area contributed by atoms with E-state index in [0.717, 1.165) is 60.3 Å². The van der Waals surface area contributed by atoms with Crippen molar-refractivity contribution in [2.75, 3.05) is 24.3 Å². The molecule has 2 aliphatic carbocycles. The second kappa shape index (κ2) is 8.57.